The van der Waals surface area contributed by atoms with Crippen LogP contribution in [0.4, 0.5) is 11.4 Å². The van der Waals surface area contributed by atoms with Crippen molar-refractivity contribution in [1.82, 2.24) is 0 Å². The van der Waals surface area contributed by atoms with Crippen molar-refractivity contribution in [3.8, 4) is 5.75 Å². The molecule has 0 aliphatic heterocycles. The molecule has 0 saturated carbocycles. The molecule has 0 saturated heterocycles. The first-order chi connectivity index (χ1) is 9.92. The monoisotopic (exact) mass is 304 g/mol. The van der Waals surface area contributed by atoms with Crippen molar-refractivity contribution < 1.29 is 9.53 Å². The van der Waals surface area contributed by atoms with E-state index in [0.717, 1.165) is 11.1 Å². The molecule has 3 N–H and O–H groups in total. The van der Waals surface area contributed by atoms with Crippen LogP contribution < -0.4 is 15.8 Å². The SMILES string of the molecule is COc1ccc(C(=O)Nc2c(C)cc(C)cc2N)cc1Cl. The third-order valence-electron chi connectivity index (χ3n) is 3.16. The summed E-state index contributed by atoms with van der Waals surface area (Å²) in [6.45, 7) is 3.86. The zero-order valence-electron chi connectivity index (χ0n) is 12.2. The lowest BCUT2D eigenvalue weighted by atomic mass is 10.1. The summed E-state index contributed by atoms with van der Waals surface area (Å²) in [6, 6.07) is 8.66. The zero-order chi connectivity index (χ0) is 15.6. The average Bonchev–Trinajstić information content (AvgIpc) is 2.42. The summed E-state index contributed by atoms with van der Waals surface area (Å²) in [7, 11) is 1.53. The number of anilines is 2. The van der Waals surface area contributed by atoms with E-state index >= 15 is 0 Å². The molecule has 5 heteroatoms. The molecule has 1 amide bonds. The van der Waals surface area contributed by atoms with Gasteiger partial charge in [0.05, 0.1) is 23.5 Å². The number of nitrogen functional groups attached to an aromatic ring is 1. The van der Waals surface area contributed by atoms with E-state index in [1.807, 2.05) is 26.0 Å². The maximum atomic E-state index is 12.3. The second-order valence-electron chi connectivity index (χ2n) is 4.85. The van der Waals surface area contributed by atoms with Gasteiger partial charge in [-0.25, -0.2) is 0 Å². The third kappa shape index (κ3) is 3.28. The molecular formula is C16H17ClN2O2. The van der Waals surface area contributed by atoms with E-state index < -0.39 is 0 Å². The first-order valence-electron chi connectivity index (χ1n) is 6.44. The van der Waals surface area contributed by atoms with E-state index in [1.54, 1.807) is 18.2 Å². The number of ether oxygens (including phenoxy) is 1. The van der Waals surface area contributed by atoms with E-state index in [2.05, 4.69) is 5.32 Å². The second kappa shape index (κ2) is 6.06. The highest BCUT2D eigenvalue weighted by Gasteiger charge is 2.12. The van der Waals surface area contributed by atoms with E-state index in [9.17, 15) is 4.79 Å². The number of nitrogens with one attached hydrogen (secondary N) is 1. The van der Waals surface area contributed by atoms with Crippen LogP contribution in [0.1, 0.15) is 21.5 Å². The lowest BCUT2D eigenvalue weighted by molar-refractivity contribution is 0.102. The number of methoxy groups -OCH3 is 1. The van der Waals surface area contributed by atoms with Crippen LogP contribution in [0, 0.1) is 13.8 Å². The van der Waals surface area contributed by atoms with E-state index in [1.165, 1.54) is 7.11 Å². The summed E-state index contributed by atoms with van der Waals surface area (Å²) in [6.07, 6.45) is 0. The number of rotatable bonds is 3. The number of aryl methyl sites for hydroxylation is 2. The zero-order valence-corrected chi connectivity index (χ0v) is 12.9. The second-order valence-corrected chi connectivity index (χ2v) is 5.26. The van der Waals surface area contributed by atoms with Crippen LogP contribution in [0.25, 0.3) is 0 Å². The molecule has 4 nitrogen and oxygen atoms in total. The number of hydrogen-bond acceptors (Lipinski definition) is 3. The van der Waals surface area contributed by atoms with Gasteiger partial charge in [-0.3, -0.25) is 4.79 Å². The van der Waals surface area contributed by atoms with Crippen molar-refractivity contribution in [2.45, 2.75) is 13.8 Å². The fourth-order valence-corrected chi connectivity index (χ4v) is 2.42. The fraction of sp³-hybridized carbons (Fsp3) is 0.188. The summed E-state index contributed by atoms with van der Waals surface area (Å²) >= 11 is 6.03. The molecular weight excluding hydrogens is 288 g/mol. The largest absolute Gasteiger partial charge is 0.495 e. The summed E-state index contributed by atoms with van der Waals surface area (Å²) in [4.78, 5) is 12.3. The Kier molecular flexibility index (Phi) is 4.38. The van der Waals surface area contributed by atoms with Crippen LogP contribution in [0.5, 0.6) is 5.75 Å². The van der Waals surface area contributed by atoms with Crippen LogP contribution >= 0.6 is 11.6 Å². The van der Waals surface area contributed by atoms with Crippen LogP contribution in [0.2, 0.25) is 5.02 Å². The minimum atomic E-state index is -0.266. The molecule has 2 aromatic carbocycles. The average molecular weight is 305 g/mol. The number of hydrogen-bond donors (Lipinski definition) is 2. The van der Waals surface area contributed by atoms with Gasteiger partial charge in [-0.1, -0.05) is 17.7 Å². The highest BCUT2D eigenvalue weighted by atomic mass is 35.5. The Labute approximate surface area is 128 Å². The Bertz CT molecular complexity index is 676. The van der Waals surface area contributed by atoms with Gasteiger partial charge >= 0.3 is 0 Å². The maximum Gasteiger partial charge on any atom is 0.255 e. The number of benzene rings is 2. The van der Waals surface area contributed by atoms with E-state index in [0.29, 0.717) is 27.7 Å². The van der Waals surface area contributed by atoms with Crippen molar-refractivity contribution >= 4 is 28.9 Å². The summed E-state index contributed by atoms with van der Waals surface area (Å²) in [5.41, 5.74) is 9.54. The van der Waals surface area contributed by atoms with E-state index in [-0.39, 0.29) is 5.91 Å². The normalized spacial score (nSPS) is 10.3. The molecule has 0 bridgehead atoms. The lowest BCUT2D eigenvalue weighted by Gasteiger charge is -2.13. The van der Waals surface area contributed by atoms with E-state index in [4.69, 9.17) is 22.1 Å². The fourth-order valence-electron chi connectivity index (χ4n) is 2.16. The topological polar surface area (TPSA) is 64.3 Å². The number of halogens is 1. The van der Waals surface area contributed by atoms with Crippen molar-refractivity contribution in [3.05, 3.63) is 52.0 Å². The molecule has 0 aliphatic rings. The predicted molar refractivity (Wildman–Crippen MR) is 86.3 cm³/mol. The Morgan fingerprint density at radius 2 is 1.95 bits per heavy atom. The van der Waals surface area contributed by atoms with Gasteiger partial charge < -0.3 is 15.8 Å². The minimum absolute atomic E-state index is 0.266. The van der Waals surface area contributed by atoms with Gasteiger partial charge in [0, 0.05) is 5.56 Å². The van der Waals surface area contributed by atoms with Crippen LogP contribution in [0.15, 0.2) is 30.3 Å². The predicted octanol–water partition coefficient (Wildman–Crippen LogP) is 3.80. The van der Waals surface area contributed by atoms with Gasteiger partial charge in [0.2, 0.25) is 0 Å². The standard InChI is InChI=1S/C16H17ClN2O2/c1-9-6-10(2)15(13(18)7-9)19-16(20)11-4-5-14(21-3)12(17)8-11/h4-8H,18H2,1-3H3,(H,19,20). The molecule has 0 aromatic heterocycles. The first kappa shape index (κ1) is 15.2. The summed E-state index contributed by atoms with van der Waals surface area (Å²) < 4.78 is 5.07. The molecule has 110 valence electrons. The molecule has 0 heterocycles. The molecule has 0 spiro atoms. The minimum Gasteiger partial charge on any atom is -0.495 e. The smallest absolute Gasteiger partial charge is 0.255 e. The van der Waals surface area contributed by atoms with Crippen molar-refractivity contribution in [3.63, 3.8) is 0 Å². The highest BCUT2D eigenvalue weighted by molar-refractivity contribution is 6.32. The van der Waals surface area contributed by atoms with Crippen LogP contribution in [-0.4, -0.2) is 13.0 Å². The van der Waals surface area contributed by atoms with Crippen LogP contribution in [-0.2, 0) is 0 Å². The van der Waals surface area contributed by atoms with Crippen molar-refractivity contribution in [2.75, 3.05) is 18.2 Å². The molecule has 0 fully saturated rings. The lowest BCUT2D eigenvalue weighted by Crippen LogP contribution is -2.14. The highest BCUT2D eigenvalue weighted by Crippen LogP contribution is 2.28. The molecule has 0 unspecified atom stereocenters. The number of carbonyl (C=O) groups excluding carboxylic acids is 1. The van der Waals surface area contributed by atoms with Gasteiger partial charge in [-0.05, 0) is 49.2 Å². The molecule has 21 heavy (non-hydrogen) atoms. The Hall–Kier alpha value is -2.20. The Morgan fingerprint density at radius 1 is 1.24 bits per heavy atom. The molecule has 2 aromatic rings. The number of carbonyl (C=O) groups is 1. The van der Waals surface area contributed by atoms with Gasteiger partial charge in [-0.15, -0.1) is 0 Å². The Morgan fingerprint density at radius 3 is 2.52 bits per heavy atom. The van der Waals surface area contributed by atoms with Crippen molar-refractivity contribution in [1.29, 1.82) is 0 Å². The van der Waals surface area contributed by atoms with Crippen LogP contribution in [0.3, 0.4) is 0 Å². The third-order valence-corrected chi connectivity index (χ3v) is 3.46. The number of amides is 1. The summed E-state index contributed by atoms with van der Waals surface area (Å²) in [5.74, 6) is 0.262. The maximum absolute atomic E-state index is 12.3. The molecule has 0 atom stereocenters. The van der Waals surface area contributed by atoms with Gasteiger partial charge in [0.1, 0.15) is 5.75 Å². The molecule has 0 radical (unpaired) electrons. The van der Waals surface area contributed by atoms with Gasteiger partial charge in [0.15, 0.2) is 0 Å². The number of nitrogens with two attached hydrogens (primary N) is 1. The van der Waals surface area contributed by atoms with Crippen molar-refractivity contribution in [2.24, 2.45) is 0 Å². The van der Waals surface area contributed by atoms with Gasteiger partial charge in [-0.2, -0.15) is 0 Å². The quantitative estimate of drug-likeness (QED) is 0.848. The molecule has 0 aliphatic carbocycles. The molecule has 2 rings (SSSR count). The Balaban J connectivity index is 2.28. The van der Waals surface area contributed by atoms with Gasteiger partial charge in [0.25, 0.3) is 5.91 Å². The first-order valence-corrected chi connectivity index (χ1v) is 6.81. The summed E-state index contributed by atoms with van der Waals surface area (Å²) in [5, 5.41) is 3.21.